The number of carbonyl (C=O) groups is 2. The second-order valence-corrected chi connectivity index (χ2v) is 9.28. The average Bonchev–Trinajstić information content (AvgIpc) is 2.86. The van der Waals surface area contributed by atoms with Crippen LogP contribution in [0.3, 0.4) is 0 Å². The maximum Gasteiger partial charge on any atom is 0.343 e. The van der Waals surface area contributed by atoms with Gasteiger partial charge in [-0.2, -0.15) is 0 Å². The smallest absolute Gasteiger partial charge is 0.343 e. The molecule has 0 amide bonds. The van der Waals surface area contributed by atoms with E-state index >= 15 is 0 Å². The summed E-state index contributed by atoms with van der Waals surface area (Å²) in [5.74, 6) is -1.10. The summed E-state index contributed by atoms with van der Waals surface area (Å²) in [5.41, 5.74) is 0.0317. The number of halogens is 1. The first kappa shape index (κ1) is 29.3. The molecule has 0 aliphatic carbocycles. The van der Waals surface area contributed by atoms with Gasteiger partial charge in [0.05, 0.1) is 11.7 Å². The summed E-state index contributed by atoms with van der Waals surface area (Å²) in [7, 11) is 0. The lowest BCUT2D eigenvalue weighted by atomic mass is 10.1. The van der Waals surface area contributed by atoms with Crippen LogP contribution in [0.1, 0.15) is 108 Å². The van der Waals surface area contributed by atoms with Crippen LogP contribution in [0.2, 0.25) is 0 Å². The largest absolute Gasteiger partial charge is 0.491 e. The minimum absolute atomic E-state index is 0.0317. The number of rotatable bonds is 17. The molecule has 36 heavy (non-hydrogen) atoms. The Morgan fingerprint density at radius 3 is 2.06 bits per heavy atom. The number of esters is 2. The average molecular weight is 501 g/mol. The first-order valence-corrected chi connectivity index (χ1v) is 13.4. The van der Waals surface area contributed by atoms with Crippen LogP contribution in [0.25, 0.3) is 0 Å². The Bertz CT molecular complexity index is 925. The van der Waals surface area contributed by atoms with E-state index in [2.05, 4.69) is 13.8 Å². The lowest BCUT2D eigenvalue weighted by Crippen LogP contribution is -2.12. The fraction of sp³-hybridized carbons (Fsp3) is 0.533. The van der Waals surface area contributed by atoms with E-state index in [-0.39, 0.29) is 23.8 Å². The Hall–Kier alpha value is -2.89. The summed E-state index contributed by atoms with van der Waals surface area (Å²) in [5, 5.41) is 0. The summed E-state index contributed by atoms with van der Waals surface area (Å²) in [6.07, 6.45) is 12.4. The van der Waals surface area contributed by atoms with Crippen molar-refractivity contribution in [3.63, 3.8) is 0 Å². The highest BCUT2D eigenvalue weighted by Crippen LogP contribution is 2.23. The van der Waals surface area contributed by atoms with Crippen LogP contribution in [-0.2, 0) is 4.79 Å². The molecule has 2 aromatic carbocycles. The van der Waals surface area contributed by atoms with Gasteiger partial charge >= 0.3 is 11.9 Å². The molecule has 0 saturated heterocycles. The van der Waals surface area contributed by atoms with Crippen molar-refractivity contribution in [3.8, 4) is 17.2 Å². The monoisotopic (exact) mass is 500 g/mol. The summed E-state index contributed by atoms with van der Waals surface area (Å²) in [6, 6.07) is 10.5. The lowest BCUT2D eigenvalue weighted by molar-refractivity contribution is -0.134. The predicted octanol–water partition coefficient (Wildman–Crippen LogP) is 8.44. The summed E-state index contributed by atoms with van der Waals surface area (Å²) in [4.78, 5) is 24.5. The van der Waals surface area contributed by atoms with Crippen LogP contribution in [0.4, 0.5) is 4.39 Å². The van der Waals surface area contributed by atoms with Gasteiger partial charge in [-0.05, 0) is 68.7 Å². The van der Waals surface area contributed by atoms with Gasteiger partial charge in [0.1, 0.15) is 11.5 Å². The van der Waals surface area contributed by atoms with E-state index in [1.165, 1.54) is 50.7 Å². The molecule has 0 aliphatic rings. The topological polar surface area (TPSA) is 61.8 Å². The van der Waals surface area contributed by atoms with Gasteiger partial charge in [0.2, 0.25) is 0 Å². The SMILES string of the molecule is CCCCCCCCCC(=O)Oc1ccc(C(=O)Oc2ccc(OC(C)CCCCC)cc2)cc1F. The number of benzene rings is 2. The van der Waals surface area contributed by atoms with Crippen LogP contribution in [0, 0.1) is 5.82 Å². The van der Waals surface area contributed by atoms with Crippen molar-refractivity contribution in [1.82, 2.24) is 0 Å². The Labute approximate surface area is 215 Å². The highest BCUT2D eigenvalue weighted by atomic mass is 19.1. The van der Waals surface area contributed by atoms with E-state index in [0.29, 0.717) is 11.5 Å². The Kier molecular flexibility index (Phi) is 13.6. The van der Waals surface area contributed by atoms with Gasteiger partial charge < -0.3 is 14.2 Å². The molecule has 0 spiro atoms. The molecule has 6 heteroatoms. The molecule has 0 bridgehead atoms. The van der Waals surface area contributed by atoms with Crippen molar-refractivity contribution < 1.29 is 28.2 Å². The number of ether oxygens (including phenoxy) is 3. The van der Waals surface area contributed by atoms with Gasteiger partial charge in [0.25, 0.3) is 0 Å². The number of hydrogen-bond acceptors (Lipinski definition) is 5. The van der Waals surface area contributed by atoms with E-state index < -0.39 is 17.8 Å². The predicted molar refractivity (Wildman–Crippen MR) is 140 cm³/mol. The molecule has 5 nitrogen and oxygen atoms in total. The molecule has 0 radical (unpaired) electrons. The van der Waals surface area contributed by atoms with Crippen molar-refractivity contribution in [2.24, 2.45) is 0 Å². The molecule has 0 N–H and O–H groups in total. The van der Waals surface area contributed by atoms with Crippen molar-refractivity contribution in [2.45, 2.75) is 104 Å². The minimum atomic E-state index is -0.779. The fourth-order valence-corrected chi connectivity index (χ4v) is 3.84. The number of hydrogen-bond donors (Lipinski definition) is 0. The zero-order valence-electron chi connectivity index (χ0n) is 22.0. The first-order valence-electron chi connectivity index (χ1n) is 13.4. The van der Waals surface area contributed by atoms with Crippen molar-refractivity contribution >= 4 is 11.9 Å². The van der Waals surface area contributed by atoms with Crippen LogP contribution >= 0.6 is 0 Å². The third-order valence-electron chi connectivity index (χ3n) is 5.96. The van der Waals surface area contributed by atoms with Gasteiger partial charge in [-0.25, -0.2) is 9.18 Å². The maximum atomic E-state index is 14.5. The van der Waals surface area contributed by atoms with Crippen LogP contribution < -0.4 is 14.2 Å². The number of carbonyl (C=O) groups excluding carboxylic acids is 2. The molecule has 0 heterocycles. The van der Waals surface area contributed by atoms with E-state index in [1.54, 1.807) is 24.3 Å². The molecular weight excluding hydrogens is 459 g/mol. The van der Waals surface area contributed by atoms with Crippen molar-refractivity contribution in [1.29, 1.82) is 0 Å². The van der Waals surface area contributed by atoms with Gasteiger partial charge in [-0.3, -0.25) is 4.79 Å². The fourth-order valence-electron chi connectivity index (χ4n) is 3.84. The molecule has 2 rings (SSSR count). The highest BCUT2D eigenvalue weighted by Gasteiger charge is 2.15. The van der Waals surface area contributed by atoms with E-state index in [9.17, 15) is 14.0 Å². The third kappa shape index (κ3) is 11.2. The third-order valence-corrected chi connectivity index (χ3v) is 5.96. The second kappa shape index (κ2) is 16.7. The standard InChI is InChI=1S/C30H41FO5/c1-4-6-8-9-10-11-13-15-29(32)36-28-21-16-24(22-27(28)31)30(33)35-26-19-17-25(18-20-26)34-23(3)14-12-7-5-2/h16-23H,4-15H2,1-3H3. The zero-order valence-corrected chi connectivity index (χ0v) is 22.0. The van der Waals surface area contributed by atoms with Crippen molar-refractivity contribution in [3.05, 3.63) is 53.8 Å². The molecule has 1 atom stereocenters. The summed E-state index contributed by atoms with van der Waals surface area (Å²) >= 11 is 0. The molecular formula is C30H41FO5. The molecule has 0 saturated carbocycles. The van der Waals surface area contributed by atoms with Crippen LogP contribution in [-0.4, -0.2) is 18.0 Å². The normalized spacial score (nSPS) is 11.7. The highest BCUT2D eigenvalue weighted by molar-refractivity contribution is 5.91. The van der Waals surface area contributed by atoms with Gasteiger partial charge in [-0.15, -0.1) is 0 Å². The van der Waals surface area contributed by atoms with Crippen molar-refractivity contribution in [2.75, 3.05) is 0 Å². The second-order valence-electron chi connectivity index (χ2n) is 9.28. The molecule has 1 unspecified atom stereocenters. The quantitative estimate of drug-likeness (QED) is 0.124. The van der Waals surface area contributed by atoms with Crippen LogP contribution in [0.5, 0.6) is 17.2 Å². The Morgan fingerprint density at radius 1 is 0.778 bits per heavy atom. The van der Waals surface area contributed by atoms with Crippen LogP contribution in [0.15, 0.2) is 42.5 Å². The van der Waals surface area contributed by atoms with E-state index in [0.717, 1.165) is 38.2 Å². The summed E-state index contributed by atoms with van der Waals surface area (Å²) < 4.78 is 30.8. The lowest BCUT2D eigenvalue weighted by Gasteiger charge is -2.14. The van der Waals surface area contributed by atoms with Gasteiger partial charge in [0, 0.05) is 6.42 Å². The molecule has 2 aromatic rings. The minimum Gasteiger partial charge on any atom is -0.491 e. The molecule has 0 fully saturated rings. The van der Waals surface area contributed by atoms with E-state index in [1.807, 2.05) is 6.92 Å². The summed E-state index contributed by atoms with van der Waals surface area (Å²) in [6.45, 7) is 6.38. The Morgan fingerprint density at radius 2 is 1.39 bits per heavy atom. The van der Waals surface area contributed by atoms with Gasteiger partial charge in [-0.1, -0.05) is 65.2 Å². The Balaban J connectivity index is 1.79. The molecule has 0 aromatic heterocycles. The first-order chi connectivity index (χ1) is 17.4. The number of unbranched alkanes of at least 4 members (excludes halogenated alkanes) is 8. The van der Waals surface area contributed by atoms with Gasteiger partial charge in [0.15, 0.2) is 11.6 Å². The van der Waals surface area contributed by atoms with E-state index in [4.69, 9.17) is 14.2 Å². The molecule has 198 valence electrons. The maximum absolute atomic E-state index is 14.5. The zero-order chi connectivity index (χ0) is 26.2. The molecule has 0 aliphatic heterocycles.